The third-order valence-corrected chi connectivity index (χ3v) is 2.61. The van der Waals surface area contributed by atoms with Crippen LogP contribution in [0, 0.1) is 0 Å². The van der Waals surface area contributed by atoms with Gasteiger partial charge in [-0.3, -0.25) is 4.79 Å². The number of carboxylic acids is 1. The summed E-state index contributed by atoms with van der Waals surface area (Å²) in [5.74, 6) is -1.92. The van der Waals surface area contributed by atoms with Gasteiger partial charge in [-0.2, -0.15) is 0 Å². The van der Waals surface area contributed by atoms with Crippen molar-refractivity contribution in [1.29, 1.82) is 0 Å². The fraction of sp³-hybridized carbons (Fsp3) is 0. The zero-order valence-corrected chi connectivity index (χ0v) is 10.6. The highest BCUT2D eigenvalue weighted by molar-refractivity contribution is 6.02. The van der Waals surface area contributed by atoms with Crippen LogP contribution in [-0.2, 0) is 4.79 Å². The van der Waals surface area contributed by atoms with Crippen LogP contribution < -0.4 is 10.4 Å². The second-order valence-corrected chi connectivity index (χ2v) is 4.08. The van der Waals surface area contributed by atoms with E-state index in [4.69, 9.17) is 0 Å². The topological polar surface area (TPSA) is 69.2 Å². The number of hydrogen-bond donors (Lipinski definition) is 1. The average Bonchev–Trinajstić information content (AvgIpc) is 2.48. The Balaban J connectivity index is 2.21. The lowest BCUT2D eigenvalue weighted by molar-refractivity contribution is -0.299. The molecule has 0 radical (unpaired) electrons. The van der Waals surface area contributed by atoms with Crippen molar-refractivity contribution in [2.45, 2.75) is 0 Å². The Kier molecular flexibility index (Phi) is 4.29. The van der Waals surface area contributed by atoms with Crippen LogP contribution in [0.3, 0.4) is 0 Å². The maximum Gasteiger partial charge on any atom is 0.255 e. The summed E-state index contributed by atoms with van der Waals surface area (Å²) in [5, 5.41) is 13.4. The normalized spacial score (nSPS) is 10.9. The van der Waals surface area contributed by atoms with Gasteiger partial charge in [-0.15, -0.1) is 0 Å². The van der Waals surface area contributed by atoms with Gasteiger partial charge in [0.2, 0.25) is 0 Å². The van der Waals surface area contributed by atoms with Gasteiger partial charge in [0, 0.05) is 5.56 Å². The van der Waals surface area contributed by atoms with Crippen LogP contribution in [0.25, 0.3) is 6.08 Å². The van der Waals surface area contributed by atoms with Crippen LogP contribution in [-0.4, -0.2) is 11.9 Å². The van der Waals surface area contributed by atoms with Crippen molar-refractivity contribution in [2.24, 2.45) is 0 Å². The van der Waals surface area contributed by atoms with Crippen molar-refractivity contribution in [3.63, 3.8) is 0 Å². The molecule has 0 aliphatic rings. The summed E-state index contributed by atoms with van der Waals surface area (Å²) in [6, 6.07) is 17.2. The van der Waals surface area contributed by atoms with Gasteiger partial charge >= 0.3 is 0 Å². The fourth-order valence-corrected chi connectivity index (χ4v) is 1.65. The lowest BCUT2D eigenvalue weighted by Gasteiger charge is -2.11. The van der Waals surface area contributed by atoms with Crippen molar-refractivity contribution < 1.29 is 14.7 Å². The lowest BCUT2D eigenvalue weighted by atomic mass is 10.1. The number of carboxylic acid groups (broad SMARTS) is 1. The Labute approximate surface area is 116 Å². The monoisotopic (exact) mass is 266 g/mol. The summed E-state index contributed by atoms with van der Waals surface area (Å²) >= 11 is 0. The van der Waals surface area contributed by atoms with E-state index in [-0.39, 0.29) is 5.70 Å². The molecule has 0 fully saturated rings. The summed E-state index contributed by atoms with van der Waals surface area (Å²) < 4.78 is 0. The summed E-state index contributed by atoms with van der Waals surface area (Å²) in [4.78, 5) is 23.0. The molecule has 2 aromatic rings. The first-order valence-electron chi connectivity index (χ1n) is 6.01. The Morgan fingerprint density at radius 1 is 0.900 bits per heavy atom. The van der Waals surface area contributed by atoms with E-state index in [0.717, 1.165) is 0 Å². The molecule has 0 saturated carbocycles. The van der Waals surface area contributed by atoms with Gasteiger partial charge in [0.05, 0.1) is 11.7 Å². The third kappa shape index (κ3) is 3.55. The highest BCUT2D eigenvalue weighted by Gasteiger charge is 2.07. The smallest absolute Gasteiger partial charge is 0.255 e. The van der Waals surface area contributed by atoms with Crippen LogP contribution in [0.2, 0.25) is 0 Å². The van der Waals surface area contributed by atoms with E-state index in [1.165, 1.54) is 6.08 Å². The minimum atomic E-state index is -1.43. The van der Waals surface area contributed by atoms with Crippen LogP contribution in [0.15, 0.2) is 66.4 Å². The first-order valence-corrected chi connectivity index (χ1v) is 6.01. The maximum atomic E-state index is 11.9. The number of carbonyl (C=O) groups excluding carboxylic acids is 2. The third-order valence-electron chi connectivity index (χ3n) is 2.61. The molecule has 4 heteroatoms. The van der Waals surface area contributed by atoms with E-state index in [1.807, 2.05) is 6.07 Å². The first kappa shape index (κ1) is 13.5. The van der Waals surface area contributed by atoms with Crippen molar-refractivity contribution >= 4 is 18.0 Å². The van der Waals surface area contributed by atoms with Crippen LogP contribution in [0.1, 0.15) is 15.9 Å². The minimum Gasteiger partial charge on any atom is -0.543 e. The Hall–Kier alpha value is -2.88. The molecule has 0 saturated heterocycles. The maximum absolute atomic E-state index is 11.9. The second kappa shape index (κ2) is 6.33. The predicted molar refractivity (Wildman–Crippen MR) is 73.3 cm³/mol. The highest BCUT2D eigenvalue weighted by Crippen LogP contribution is 2.06. The van der Waals surface area contributed by atoms with E-state index >= 15 is 0 Å². The minimum absolute atomic E-state index is 0.273. The van der Waals surface area contributed by atoms with Crippen LogP contribution >= 0.6 is 0 Å². The van der Waals surface area contributed by atoms with Gasteiger partial charge in [0.25, 0.3) is 5.91 Å². The molecule has 4 nitrogen and oxygen atoms in total. The summed E-state index contributed by atoms with van der Waals surface area (Å²) in [6.07, 6.45) is 1.36. The molecule has 1 amide bonds. The Morgan fingerprint density at radius 2 is 1.45 bits per heavy atom. The second-order valence-electron chi connectivity index (χ2n) is 4.08. The van der Waals surface area contributed by atoms with E-state index in [2.05, 4.69) is 5.32 Å². The van der Waals surface area contributed by atoms with E-state index in [9.17, 15) is 14.7 Å². The molecule has 0 heterocycles. The number of carbonyl (C=O) groups is 2. The lowest BCUT2D eigenvalue weighted by Crippen LogP contribution is -2.35. The molecular formula is C16H12NO3-. The number of rotatable bonds is 4. The van der Waals surface area contributed by atoms with Crippen LogP contribution in [0.4, 0.5) is 0 Å². The molecule has 0 aliphatic carbocycles. The predicted octanol–water partition coefficient (Wildman–Crippen LogP) is 1.21. The molecule has 0 unspecified atom stereocenters. The fourth-order valence-electron chi connectivity index (χ4n) is 1.65. The quantitative estimate of drug-likeness (QED) is 0.846. The molecular weight excluding hydrogens is 254 g/mol. The van der Waals surface area contributed by atoms with Gasteiger partial charge in [0.1, 0.15) is 0 Å². The SMILES string of the molecule is O=C([O-])/C(=C\c1ccccc1)NC(=O)c1ccccc1. The molecule has 20 heavy (non-hydrogen) atoms. The number of aliphatic carboxylic acids is 1. The zero-order chi connectivity index (χ0) is 14.4. The van der Waals surface area contributed by atoms with Gasteiger partial charge in [0.15, 0.2) is 0 Å². The van der Waals surface area contributed by atoms with Crippen molar-refractivity contribution in [3.8, 4) is 0 Å². The molecule has 0 atom stereocenters. The van der Waals surface area contributed by atoms with Gasteiger partial charge < -0.3 is 15.2 Å². The Morgan fingerprint density at radius 3 is 2.00 bits per heavy atom. The number of nitrogens with one attached hydrogen (secondary N) is 1. The summed E-state index contributed by atoms with van der Waals surface area (Å²) in [7, 11) is 0. The number of amides is 1. The van der Waals surface area contributed by atoms with E-state index in [0.29, 0.717) is 11.1 Å². The van der Waals surface area contributed by atoms with Crippen molar-refractivity contribution in [2.75, 3.05) is 0 Å². The van der Waals surface area contributed by atoms with E-state index < -0.39 is 11.9 Å². The highest BCUT2D eigenvalue weighted by atomic mass is 16.4. The molecule has 2 rings (SSSR count). The molecule has 0 bridgehead atoms. The summed E-state index contributed by atoms with van der Waals surface area (Å²) in [6.45, 7) is 0. The molecule has 1 N–H and O–H groups in total. The number of benzene rings is 2. The van der Waals surface area contributed by atoms with Gasteiger partial charge in [-0.1, -0.05) is 48.5 Å². The largest absolute Gasteiger partial charge is 0.543 e. The standard InChI is InChI=1S/C16H13NO3/c18-15(13-9-5-2-6-10-13)17-14(16(19)20)11-12-7-3-1-4-8-12/h1-11H,(H,17,18)(H,19,20)/p-1/b14-11+. The molecule has 0 spiro atoms. The number of hydrogen-bond acceptors (Lipinski definition) is 3. The first-order chi connectivity index (χ1) is 9.66. The zero-order valence-electron chi connectivity index (χ0n) is 10.6. The molecule has 0 aliphatic heterocycles. The van der Waals surface area contributed by atoms with Crippen molar-refractivity contribution in [1.82, 2.24) is 5.32 Å². The average molecular weight is 266 g/mol. The van der Waals surface area contributed by atoms with Crippen molar-refractivity contribution in [3.05, 3.63) is 77.5 Å². The molecule has 100 valence electrons. The molecule has 2 aromatic carbocycles. The van der Waals surface area contributed by atoms with Crippen LogP contribution in [0.5, 0.6) is 0 Å². The Bertz CT molecular complexity index is 633. The van der Waals surface area contributed by atoms with Gasteiger partial charge in [-0.05, 0) is 23.8 Å². The van der Waals surface area contributed by atoms with E-state index in [1.54, 1.807) is 54.6 Å². The van der Waals surface area contributed by atoms with Gasteiger partial charge in [-0.25, -0.2) is 0 Å². The summed E-state index contributed by atoms with van der Waals surface area (Å²) in [5.41, 5.74) is 0.776. The molecule has 0 aromatic heterocycles.